The van der Waals surface area contributed by atoms with Crippen LogP contribution >= 0.6 is 11.8 Å². The van der Waals surface area contributed by atoms with Crippen molar-refractivity contribution in [3.63, 3.8) is 0 Å². The second-order valence-electron chi connectivity index (χ2n) is 5.11. The highest BCUT2D eigenvalue weighted by molar-refractivity contribution is 7.99. The van der Waals surface area contributed by atoms with Crippen LogP contribution in [-0.4, -0.2) is 47.3 Å². The minimum absolute atomic E-state index is 0.102. The molecule has 90 valence electrons. The molecule has 1 saturated heterocycles. The van der Waals surface area contributed by atoms with Gasteiger partial charge < -0.3 is 5.11 Å². The Morgan fingerprint density at radius 2 is 2.27 bits per heavy atom. The third-order valence-electron chi connectivity index (χ3n) is 3.33. The van der Waals surface area contributed by atoms with Crippen molar-refractivity contribution in [2.24, 2.45) is 5.41 Å². The van der Waals surface area contributed by atoms with Crippen LogP contribution in [0.2, 0.25) is 0 Å². The van der Waals surface area contributed by atoms with Crippen LogP contribution in [0.5, 0.6) is 0 Å². The number of aliphatic hydroxyl groups is 1. The molecule has 0 amide bonds. The molecule has 2 unspecified atom stereocenters. The predicted molar refractivity (Wildman–Crippen MR) is 68.5 cm³/mol. The van der Waals surface area contributed by atoms with Crippen LogP contribution < -0.4 is 0 Å². The minimum Gasteiger partial charge on any atom is -0.396 e. The Balaban J connectivity index is 2.49. The van der Waals surface area contributed by atoms with Gasteiger partial charge in [0.2, 0.25) is 0 Å². The Bertz CT molecular complexity index is 188. The molecular formula is C12H25NOS. The first kappa shape index (κ1) is 13.3. The molecule has 1 rings (SSSR count). The molecule has 1 aliphatic rings. The Kier molecular flexibility index (Phi) is 5.44. The fourth-order valence-corrected chi connectivity index (χ4v) is 3.38. The minimum atomic E-state index is 0.102. The zero-order valence-electron chi connectivity index (χ0n) is 10.3. The molecule has 0 aliphatic carbocycles. The Labute approximate surface area is 98.4 Å². The van der Waals surface area contributed by atoms with E-state index >= 15 is 0 Å². The van der Waals surface area contributed by atoms with Crippen molar-refractivity contribution in [1.29, 1.82) is 0 Å². The maximum absolute atomic E-state index is 9.50. The molecular weight excluding hydrogens is 206 g/mol. The smallest absolute Gasteiger partial charge is 0.0497 e. The van der Waals surface area contributed by atoms with E-state index < -0.39 is 0 Å². The molecule has 1 fully saturated rings. The zero-order chi connectivity index (χ0) is 11.3. The lowest BCUT2D eigenvalue weighted by Crippen LogP contribution is -2.47. The Morgan fingerprint density at radius 3 is 2.80 bits per heavy atom. The number of nitrogens with zero attached hydrogens (tertiary/aromatic N) is 1. The monoisotopic (exact) mass is 231 g/mol. The van der Waals surface area contributed by atoms with Gasteiger partial charge in [0.1, 0.15) is 0 Å². The summed E-state index contributed by atoms with van der Waals surface area (Å²) in [6, 6.07) is 0.673. The van der Waals surface area contributed by atoms with E-state index in [0.717, 1.165) is 19.4 Å². The van der Waals surface area contributed by atoms with Gasteiger partial charge in [-0.05, 0) is 13.3 Å². The summed E-state index contributed by atoms with van der Waals surface area (Å²) in [6.45, 7) is 9.27. The summed E-state index contributed by atoms with van der Waals surface area (Å²) >= 11 is 2.05. The van der Waals surface area contributed by atoms with E-state index in [1.54, 1.807) is 0 Å². The van der Waals surface area contributed by atoms with Gasteiger partial charge in [0.05, 0.1) is 0 Å². The first-order chi connectivity index (χ1) is 7.11. The lowest BCUT2D eigenvalue weighted by Gasteiger charge is -2.39. The molecule has 0 aromatic carbocycles. The van der Waals surface area contributed by atoms with Crippen LogP contribution in [-0.2, 0) is 0 Å². The van der Waals surface area contributed by atoms with E-state index in [2.05, 4.69) is 25.7 Å². The van der Waals surface area contributed by atoms with Crippen LogP contribution in [0.25, 0.3) is 0 Å². The van der Waals surface area contributed by atoms with Crippen LogP contribution in [0.15, 0.2) is 0 Å². The summed E-state index contributed by atoms with van der Waals surface area (Å²) < 4.78 is 0. The number of hydrogen-bond acceptors (Lipinski definition) is 3. The molecule has 0 saturated carbocycles. The molecule has 1 aliphatic heterocycles. The average Bonchev–Trinajstić information content (AvgIpc) is 2.22. The van der Waals surface area contributed by atoms with Gasteiger partial charge in [-0.15, -0.1) is 0 Å². The lowest BCUT2D eigenvalue weighted by atomic mass is 9.85. The average molecular weight is 231 g/mol. The number of rotatable bonds is 5. The molecule has 0 aromatic rings. The quantitative estimate of drug-likeness (QED) is 0.785. The van der Waals surface area contributed by atoms with Gasteiger partial charge >= 0.3 is 0 Å². The maximum Gasteiger partial charge on any atom is 0.0497 e. The summed E-state index contributed by atoms with van der Waals surface area (Å²) in [6.07, 6.45) is 2.29. The van der Waals surface area contributed by atoms with Gasteiger partial charge in [-0.3, -0.25) is 4.90 Å². The Morgan fingerprint density at radius 1 is 1.53 bits per heavy atom. The summed E-state index contributed by atoms with van der Waals surface area (Å²) in [5.41, 5.74) is 0.102. The zero-order valence-corrected chi connectivity index (χ0v) is 11.1. The largest absolute Gasteiger partial charge is 0.396 e. The van der Waals surface area contributed by atoms with Crippen molar-refractivity contribution in [2.75, 3.05) is 31.2 Å². The van der Waals surface area contributed by atoms with Gasteiger partial charge in [-0.1, -0.05) is 20.3 Å². The second kappa shape index (κ2) is 6.12. The molecule has 3 heteroatoms. The molecule has 15 heavy (non-hydrogen) atoms. The van der Waals surface area contributed by atoms with Crippen molar-refractivity contribution in [2.45, 2.75) is 39.7 Å². The van der Waals surface area contributed by atoms with E-state index in [0.29, 0.717) is 12.6 Å². The fourth-order valence-electron chi connectivity index (χ4n) is 2.30. The maximum atomic E-state index is 9.50. The molecule has 0 aromatic heterocycles. The fraction of sp³-hybridized carbons (Fsp3) is 1.00. The number of aliphatic hydroxyl groups excluding tert-OH is 1. The van der Waals surface area contributed by atoms with Crippen LogP contribution in [0.1, 0.15) is 33.6 Å². The van der Waals surface area contributed by atoms with Gasteiger partial charge in [-0.25, -0.2) is 0 Å². The molecule has 0 radical (unpaired) electrons. The van der Waals surface area contributed by atoms with Crippen molar-refractivity contribution in [1.82, 2.24) is 4.90 Å². The van der Waals surface area contributed by atoms with Gasteiger partial charge in [0.15, 0.2) is 0 Å². The molecule has 1 heterocycles. The SMILES string of the molecule is CCCC(C)(CO)CN1CCSCC1C. The van der Waals surface area contributed by atoms with Gasteiger partial charge in [0.25, 0.3) is 0 Å². The number of thioether (sulfide) groups is 1. The standard InChI is InChI=1S/C12H25NOS/c1-4-5-12(3,10-14)9-13-6-7-15-8-11(13)2/h11,14H,4-10H2,1-3H3. The van der Waals surface area contributed by atoms with E-state index in [1.165, 1.54) is 18.1 Å². The first-order valence-electron chi connectivity index (χ1n) is 6.04. The van der Waals surface area contributed by atoms with Crippen molar-refractivity contribution < 1.29 is 5.11 Å². The normalized spacial score (nSPS) is 27.6. The van der Waals surface area contributed by atoms with E-state index in [4.69, 9.17) is 0 Å². The highest BCUT2D eigenvalue weighted by Crippen LogP contribution is 2.27. The van der Waals surface area contributed by atoms with Crippen molar-refractivity contribution in [3.05, 3.63) is 0 Å². The highest BCUT2D eigenvalue weighted by atomic mass is 32.2. The molecule has 2 atom stereocenters. The summed E-state index contributed by atoms with van der Waals surface area (Å²) in [5.74, 6) is 2.49. The van der Waals surface area contributed by atoms with Crippen LogP contribution in [0.4, 0.5) is 0 Å². The van der Waals surface area contributed by atoms with E-state index in [1.807, 2.05) is 11.8 Å². The topological polar surface area (TPSA) is 23.5 Å². The lowest BCUT2D eigenvalue weighted by molar-refractivity contribution is 0.0687. The number of hydrogen-bond donors (Lipinski definition) is 1. The highest BCUT2D eigenvalue weighted by Gasteiger charge is 2.29. The Hall–Kier alpha value is 0.270. The predicted octanol–water partition coefficient (Wildman–Crippen LogP) is 2.22. The summed E-state index contributed by atoms with van der Waals surface area (Å²) in [5, 5.41) is 9.50. The summed E-state index contributed by atoms with van der Waals surface area (Å²) in [4.78, 5) is 2.54. The first-order valence-corrected chi connectivity index (χ1v) is 7.19. The summed E-state index contributed by atoms with van der Waals surface area (Å²) in [7, 11) is 0. The van der Waals surface area contributed by atoms with Crippen molar-refractivity contribution >= 4 is 11.8 Å². The molecule has 2 nitrogen and oxygen atoms in total. The van der Waals surface area contributed by atoms with Gasteiger partial charge in [0, 0.05) is 42.7 Å². The van der Waals surface area contributed by atoms with E-state index in [-0.39, 0.29) is 5.41 Å². The molecule has 0 spiro atoms. The third-order valence-corrected chi connectivity index (χ3v) is 4.51. The second-order valence-corrected chi connectivity index (χ2v) is 6.26. The van der Waals surface area contributed by atoms with Crippen molar-refractivity contribution in [3.8, 4) is 0 Å². The molecule has 1 N–H and O–H groups in total. The third kappa shape index (κ3) is 3.97. The van der Waals surface area contributed by atoms with Crippen LogP contribution in [0.3, 0.4) is 0 Å². The van der Waals surface area contributed by atoms with E-state index in [9.17, 15) is 5.11 Å². The van der Waals surface area contributed by atoms with Crippen LogP contribution in [0, 0.1) is 5.41 Å². The van der Waals surface area contributed by atoms with Gasteiger partial charge in [-0.2, -0.15) is 11.8 Å². The molecule has 0 bridgehead atoms.